The third kappa shape index (κ3) is 56.5. The molecule has 14 nitrogen and oxygen atoms in total. The first-order valence-electron chi connectivity index (χ1n) is 22.0. The van der Waals surface area contributed by atoms with E-state index in [0.29, 0.717) is 32.2 Å². The molecule has 0 bridgehead atoms. The summed E-state index contributed by atoms with van der Waals surface area (Å²) in [7, 11) is 10.6. The van der Waals surface area contributed by atoms with Crippen LogP contribution in [0.25, 0.3) is 0 Å². The monoisotopic (exact) mass is 1010 g/mol. The highest BCUT2D eigenvalue weighted by Crippen LogP contribution is 2.15. The van der Waals surface area contributed by atoms with Gasteiger partial charge in [0.05, 0.1) is 5.92 Å². The summed E-state index contributed by atoms with van der Waals surface area (Å²) in [6.07, 6.45) is 31.1. The second kappa shape index (κ2) is 53.0. The fourth-order valence-corrected chi connectivity index (χ4v) is 5.65. The molecule has 0 heterocycles. The number of amides is 3. The first kappa shape index (κ1) is 68.0. The average Bonchev–Trinajstić information content (AvgIpc) is 3.25. The largest absolute Gasteiger partial charge is 0.481 e. The van der Waals surface area contributed by atoms with Crippen LogP contribution in [0.15, 0.2) is 0 Å². The quantitative estimate of drug-likeness (QED) is 0.0225. The van der Waals surface area contributed by atoms with Gasteiger partial charge in [-0.3, -0.25) is 24.0 Å². The minimum absolute atomic E-state index is 0.154. The number of carboxylic acids is 4. The van der Waals surface area contributed by atoms with E-state index in [9.17, 15) is 43.8 Å². The third-order valence-corrected chi connectivity index (χ3v) is 13.4. The number of hydrogen-bond donors (Lipinski definition) is 7. The highest BCUT2D eigenvalue weighted by atomic mass is 33.1. The maximum absolute atomic E-state index is 12.4. The summed E-state index contributed by atoms with van der Waals surface area (Å²) < 4.78 is 0. The number of unbranched alkanes of at least 4 members (excludes halogenated alkanes) is 16. The lowest BCUT2D eigenvalue weighted by Crippen LogP contribution is -2.44. The molecule has 20 heteroatoms. The van der Waals surface area contributed by atoms with Gasteiger partial charge in [0.15, 0.2) is 0 Å². The van der Waals surface area contributed by atoms with Gasteiger partial charge in [-0.1, -0.05) is 168 Å². The molecular weight excluding hydrogens is 927 g/mol. The normalized spacial score (nSPS) is 11.7. The van der Waals surface area contributed by atoms with Crippen molar-refractivity contribution in [1.29, 1.82) is 0 Å². The Bertz CT molecular complexity index is 1150. The lowest BCUT2D eigenvalue weighted by atomic mass is 10.0. The maximum Gasteiger partial charge on any atom is 0.326 e. The lowest BCUT2D eigenvalue weighted by molar-refractivity contribution is -0.143. The van der Waals surface area contributed by atoms with Crippen LogP contribution in [0.2, 0.25) is 0 Å². The summed E-state index contributed by atoms with van der Waals surface area (Å²) >= 11 is 0. The average molecular weight is 1010 g/mol. The molecule has 0 fully saturated rings. The number of hydrogen-bond acceptors (Lipinski definition) is 13. The molecule has 0 saturated heterocycles. The minimum atomic E-state index is -1.34. The molecule has 0 aromatic carbocycles. The van der Waals surface area contributed by atoms with Crippen molar-refractivity contribution in [1.82, 2.24) is 16.0 Å². The van der Waals surface area contributed by atoms with Crippen molar-refractivity contribution in [2.75, 3.05) is 44.1 Å². The molecule has 0 aliphatic heterocycles. The van der Waals surface area contributed by atoms with Crippen LogP contribution in [0.5, 0.6) is 0 Å². The van der Waals surface area contributed by atoms with Gasteiger partial charge in [-0.2, -0.15) is 0 Å². The highest BCUT2D eigenvalue weighted by Gasteiger charge is 2.24. The van der Waals surface area contributed by atoms with E-state index >= 15 is 0 Å². The van der Waals surface area contributed by atoms with Crippen LogP contribution in [0.3, 0.4) is 0 Å². The van der Waals surface area contributed by atoms with Gasteiger partial charge in [0, 0.05) is 32.2 Å². The van der Waals surface area contributed by atoms with Crippen LogP contribution in [0, 0.1) is 5.92 Å². The molecule has 63 heavy (non-hydrogen) atoms. The molecule has 0 aliphatic carbocycles. The third-order valence-electron chi connectivity index (χ3n) is 9.44. The standard InChI is InChI=1S/C37H65N3O11.3C2H6S2/c1-28(35(46)47)20-18-19-27-38-31(41)25-23-29(36(48)49)40-33(43)26-24-30(37(50)51)39-32(42)21-16-14-12-10-8-6-4-2-3-5-7-9-11-13-15-17-22-34(44)45;3*1-3-4-2/h28-30H,2-27H2,1H3,(H,38,41)(H,39,42)(H,40,43)(H,44,45)(H,46,47)(H,48,49)(H,50,51);3*1-2H3/t28-,29-,30-;;;/m0.../s1. The topological polar surface area (TPSA) is 236 Å². The number of carbonyl (C=O) groups is 7. The van der Waals surface area contributed by atoms with Gasteiger partial charge in [-0.05, 0) is 76.1 Å². The van der Waals surface area contributed by atoms with E-state index in [4.69, 9.17) is 10.2 Å². The molecule has 0 radical (unpaired) electrons. The predicted molar refractivity (Wildman–Crippen MR) is 273 cm³/mol. The van der Waals surface area contributed by atoms with Crippen molar-refractivity contribution in [2.24, 2.45) is 5.92 Å². The number of carboxylic acid groups (broad SMARTS) is 4. The maximum atomic E-state index is 12.4. The summed E-state index contributed by atoms with van der Waals surface area (Å²) in [6.45, 7) is 1.93. The molecular formula is C43H83N3O11S6. The lowest BCUT2D eigenvalue weighted by Gasteiger charge is -2.17. The number of carbonyl (C=O) groups excluding carboxylic acids is 3. The van der Waals surface area contributed by atoms with Gasteiger partial charge in [-0.25, -0.2) is 9.59 Å². The Morgan fingerprint density at radius 3 is 1.02 bits per heavy atom. The van der Waals surface area contributed by atoms with E-state index < -0.39 is 59.6 Å². The molecule has 3 atom stereocenters. The van der Waals surface area contributed by atoms with Gasteiger partial charge in [0.1, 0.15) is 12.1 Å². The molecule has 3 amide bonds. The first-order valence-corrected chi connectivity index (χ1v) is 30.9. The predicted octanol–water partition coefficient (Wildman–Crippen LogP) is 10.7. The van der Waals surface area contributed by atoms with E-state index in [-0.39, 0.29) is 38.5 Å². The van der Waals surface area contributed by atoms with Gasteiger partial charge in [0.2, 0.25) is 17.7 Å². The van der Waals surface area contributed by atoms with Crippen LogP contribution in [-0.2, 0) is 33.6 Å². The summed E-state index contributed by atoms with van der Waals surface area (Å²) in [5.41, 5.74) is 0. The van der Waals surface area contributed by atoms with E-state index in [2.05, 4.69) is 53.5 Å². The summed E-state index contributed by atoms with van der Waals surface area (Å²) in [5, 5.41) is 43.9. The Balaban J connectivity index is -0.00000127. The zero-order valence-electron chi connectivity index (χ0n) is 39.2. The van der Waals surface area contributed by atoms with Crippen LogP contribution < -0.4 is 16.0 Å². The summed E-state index contributed by atoms with van der Waals surface area (Å²) in [6, 6.07) is -2.63. The second-order valence-electron chi connectivity index (χ2n) is 14.6. The fraction of sp³-hybridized carbons (Fsp3) is 0.837. The Morgan fingerprint density at radius 2 is 0.698 bits per heavy atom. The molecule has 0 aromatic heterocycles. The van der Waals surface area contributed by atoms with E-state index in [1.54, 1.807) is 71.7 Å². The van der Waals surface area contributed by atoms with Crippen LogP contribution in [0.4, 0.5) is 0 Å². The van der Waals surface area contributed by atoms with Crippen molar-refractivity contribution in [3.63, 3.8) is 0 Å². The van der Waals surface area contributed by atoms with Gasteiger partial charge in [0.25, 0.3) is 0 Å². The van der Waals surface area contributed by atoms with Crippen LogP contribution >= 0.6 is 64.8 Å². The SMILES string of the molecule is CSSC.CSSC.CSSC.C[C@@H](CCCCNC(=O)CC[C@H](NC(=O)CC[C@H](NC(=O)CCCCCCCCCCCCCCCCCCC(=O)O)C(=O)O)C(=O)O)C(=O)O. The fourth-order valence-electron chi connectivity index (χ4n) is 5.65. The smallest absolute Gasteiger partial charge is 0.326 e. The van der Waals surface area contributed by atoms with Crippen molar-refractivity contribution in [3.8, 4) is 0 Å². The molecule has 0 spiro atoms. The molecule has 372 valence electrons. The number of rotatable bonds is 38. The van der Waals surface area contributed by atoms with Crippen LogP contribution in [-0.4, -0.2) is 118 Å². The molecule has 0 saturated carbocycles. The summed E-state index contributed by atoms with van der Waals surface area (Å²) in [5.74, 6) is -6.18. The zero-order valence-corrected chi connectivity index (χ0v) is 44.1. The molecule has 0 rings (SSSR count). The minimum Gasteiger partial charge on any atom is -0.481 e. The molecule has 0 unspecified atom stereocenters. The van der Waals surface area contributed by atoms with E-state index in [0.717, 1.165) is 44.9 Å². The van der Waals surface area contributed by atoms with Crippen molar-refractivity contribution in [3.05, 3.63) is 0 Å². The molecule has 0 aliphatic rings. The van der Waals surface area contributed by atoms with Gasteiger partial charge in [-0.15, -0.1) is 0 Å². The Labute approximate surface area is 403 Å². The molecule has 0 aromatic rings. The van der Waals surface area contributed by atoms with Crippen molar-refractivity contribution >= 4 is 106 Å². The highest BCUT2D eigenvalue weighted by molar-refractivity contribution is 8.76. The first-order chi connectivity index (χ1) is 30.1. The number of nitrogens with one attached hydrogen (secondary N) is 3. The molecule has 7 N–H and O–H groups in total. The number of aliphatic carboxylic acids is 4. The summed E-state index contributed by atoms with van der Waals surface area (Å²) in [4.78, 5) is 81.4. The van der Waals surface area contributed by atoms with E-state index in [1.165, 1.54) is 51.4 Å². The zero-order chi connectivity index (χ0) is 48.5. The van der Waals surface area contributed by atoms with Crippen molar-refractivity contribution in [2.45, 2.75) is 180 Å². The Morgan fingerprint density at radius 1 is 0.381 bits per heavy atom. The Kier molecular flexibility index (Phi) is 57.2. The van der Waals surface area contributed by atoms with E-state index in [1.807, 2.05) is 0 Å². The van der Waals surface area contributed by atoms with Gasteiger partial charge >= 0.3 is 23.9 Å². The van der Waals surface area contributed by atoms with Gasteiger partial charge < -0.3 is 36.4 Å². The van der Waals surface area contributed by atoms with Crippen molar-refractivity contribution < 1.29 is 54.0 Å². The second-order valence-corrected chi connectivity index (χ2v) is 22.6. The Hall–Kier alpha value is -1.61. The van der Waals surface area contributed by atoms with Crippen LogP contribution in [0.1, 0.15) is 167 Å².